The zero-order valence-electron chi connectivity index (χ0n) is 10.6. The van der Waals surface area contributed by atoms with Gasteiger partial charge in [0.1, 0.15) is 17.3 Å². The normalized spacial score (nSPS) is 10.3. The van der Waals surface area contributed by atoms with Gasteiger partial charge in [0.25, 0.3) is 5.69 Å². The predicted molar refractivity (Wildman–Crippen MR) is 76.9 cm³/mol. The Bertz CT molecular complexity index is 661. The molecule has 0 bridgehead atoms. The minimum absolute atomic E-state index is 0.0121. The number of non-ortho nitro benzene ring substituents is 1. The van der Waals surface area contributed by atoms with Crippen LogP contribution in [0.3, 0.4) is 0 Å². The third-order valence-electron chi connectivity index (χ3n) is 2.77. The summed E-state index contributed by atoms with van der Waals surface area (Å²) >= 11 is 3.25. The van der Waals surface area contributed by atoms with Crippen molar-refractivity contribution in [1.82, 2.24) is 0 Å². The minimum atomic E-state index is -0.471. The molecule has 6 heteroatoms. The summed E-state index contributed by atoms with van der Waals surface area (Å²) in [4.78, 5) is 10.2. The van der Waals surface area contributed by atoms with E-state index in [0.29, 0.717) is 28.0 Å². The van der Waals surface area contributed by atoms with Crippen molar-refractivity contribution in [1.29, 1.82) is 0 Å². The molecule has 0 atom stereocenters. The molecule has 0 unspecified atom stereocenters. The second-order valence-corrected chi connectivity index (χ2v) is 4.76. The van der Waals surface area contributed by atoms with E-state index in [-0.39, 0.29) is 11.5 Å². The summed E-state index contributed by atoms with van der Waals surface area (Å²) < 4.78 is 19.0. The summed E-state index contributed by atoms with van der Waals surface area (Å²) in [6.07, 6.45) is 0. The van der Waals surface area contributed by atoms with Gasteiger partial charge in [0.15, 0.2) is 0 Å². The van der Waals surface area contributed by atoms with Gasteiger partial charge in [-0.1, -0.05) is 22.0 Å². The molecule has 0 aliphatic heterocycles. The van der Waals surface area contributed by atoms with Crippen molar-refractivity contribution in [3.63, 3.8) is 0 Å². The Morgan fingerprint density at radius 2 is 2.05 bits per heavy atom. The first-order chi connectivity index (χ1) is 9.51. The lowest BCUT2D eigenvalue weighted by atomic mass is 10.2. The molecule has 0 spiro atoms. The molecule has 0 aliphatic carbocycles. The average molecular weight is 340 g/mol. The topological polar surface area (TPSA) is 52.4 Å². The van der Waals surface area contributed by atoms with Crippen LogP contribution in [-0.4, -0.2) is 4.92 Å². The second-order valence-electron chi connectivity index (χ2n) is 4.20. The second kappa shape index (κ2) is 6.00. The lowest BCUT2D eigenvalue weighted by molar-refractivity contribution is -0.384. The first kappa shape index (κ1) is 14.5. The maximum absolute atomic E-state index is 13.5. The minimum Gasteiger partial charge on any atom is -0.457 e. The number of rotatable bonds is 4. The SMILES string of the molecule is Cc1ccc(Oc2ccc([N+](=O)[O-])cc2CBr)cc1F. The molecule has 0 amide bonds. The van der Waals surface area contributed by atoms with Crippen LogP contribution >= 0.6 is 15.9 Å². The number of alkyl halides is 1. The lowest BCUT2D eigenvalue weighted by Gasteiger charge is -2.10. The Morgan fingerprint density at radius 3 is 2.65 bits per heavy atom. The fraction of sp³-hybridized carbons (Fsp3) is 0.143. The Morgan fingerprint density at radius 1 is 1.30 bits per heavy atom. The standard InChI is InChI=1S/C14H11BrFNO3/c1-9-2-4-12(7-13(9)16)20-14-5-3-11(17(18)19)6-10(14)8-15/h2-7H,8H2,1H3. The quantitative estimate of drug-likeness (QED) is 0.459. The van der Waals surface area contributed by atoms with Crippen LogP contribution in [0.5, 0.6) is 11.5 Å². The van der Waals surface area contributed by atoms with E-state index in [4.69, 9.17) is 4.74 Å². The van der Waals surface area contributed by atoms with Crippen LogP contribution in [0.1, 0.15) is 11.1 Å². The number of nitrogens with zero attached hydrogens (tertiary/aromatic N) is 1. The summed E-state index contributed by atoms with van der Waals surface area (Å²) in [6.45, 7) is 1.66. The van der Waals surface area contributed by atoms with E-state index in [0.717, 1.165) is 0 Å². The highest BCUT2D eigenvalue weighted by Gasteiger charge is 2.12. The number of hydrogen-bond donors (Lipinski definition) is 0. The maximum atomic E-state index is 13.5. The van der Waals surface area contributed by atoms with Crippen molar-refractivity contribution in [3.8, 4) is 11.5 Å². The monoisotopic (exact) mass is 339 g/mol. The van der Waals surface area contributed by atoms with Gasteiger partial charge in [-0.3, -0.25) is 10.1 Å². The number of benzene rings is 2. The van der Waals surface area contributed by atoms with Crippen LogP contribution in [-0.2, 0) is 5.33 Å². The predicted octanol–water partition coefficient (Wildman–Crippen LogP) is 4.73. The van der Waals surface area contributed by atoms with Gasteiger partial charge in [0, 0.05) is 29.1 Å². The molecular formula is C14H11BrFNO3. The van der Waals surface area contributed by atoms with Gasteiger partial charge >= 0.3 is 0 Å². The lowest BCUT2D eigenvalue weighted by Crippen LogP contribution is -1.94. The van der Waals surface area contributed by atoms with Gasteiger partial charge in [0.05, 0.1) is 4.92 Å². The highest BCUT2D eigenvalue weighted by Crippen LogP contribution is 2.30. The summed E-state index contributed by atoms with van der Waals surface area (Å²) in [5.74, 6) is 0.449. The first-order valence-electron chi connectivity index (χ1n) is 5.78. The van der Waals surface area contributed by atoms with Gasteiger partial charge in [-0.15, -0.1) is 0 Å². The van der Waals surface area contributed by atoms with Crippen molar-refractivity contribution in [2.45, 2.75) is 12.3 Å². The summed E-state index contributed by atoms with van der Waals surface area (Å²) in [7, 11) is 0. The van der Waals surface area contributed by atoms with Crippen molar-refractivity contribution >= 4 is 21.6 Å². The van der Waals surface area contributed by atoms with E-state index < -0.39 is 4.92 Å². The Labute approximate surface area is 123 Å². The van der Waals surface area contributed by atoms with Gasteiger partial charge in [-0.05, 0) is 24.6 Å². The number of hydrogen-bond acceptors (Lipinski definition) is 3. The number of halogens is 2. The molecule has 0 heterocycles. The largest absolute Gasteiger partial charge is 0.457 e. The smallest absolute Gasteiger partial charge is 0.270 e. The van der Waals surface area contributed by atoms with Crippen LogP contribution in [0.2, 0.25) is 0 Å². The number of aryl methyl sites for hydroxylation is 1. The molecule has 2 aromatic rings. The zero-order valence-corrected chi connectivity index (χ0v) is 12.2. The van der Waals surface area contributed by atoms with Crippen molar-refractivity contribution in [3.05, 3.63) is 63.5 Å². The van der Waals surface area contributed by atoms with E-state index in [1.54, 1.807) is 19.1 Å². The van der Waals surface area contributed by atoms with Gasteiger partial charge in [-0.25, -0.2) is 4.39 Å². The summed E-state index contributed by atoms with van der Waals surface area (Å²) in [5.41, 5.74) is 1.14. The maximum Gasteiger partial charge on any atom is 0.270 e. The van der Waals surface area contributed by atoms with E-state index in [9.17, 15) is 14.5 Å². The molecular weight excluding hydrogens is 329 g/mol. The molecule has 0 saturated heterocycles. The number of ether oxygens (including phenoxy) is 1. The van der Waals surface area contributed by atoms with Crippen molar-refractivity contribution in [2.24, 2.45) is 0 Å². The average Bonchev–Trinajstić information content (AvgIpc) is 2.43. The van der Waals surface area contributed by atoms with Crippen LogP contribution in [0.4, 0.5) is 10.1 Å². The molecule has 0 aliphatic rings. The van der Waals surface area contributed by atoms with E-state index in [1.807, 2.05) is 0 Å². The van der Waals surface area contributed by atoms with Crippen molar-refractivity contribution in [2.75, 3.05) is 0 Å². The molecule has 2 rings (SSSR count). The Hall–Kier alpha value is -1.95. The molecule has 0 saturated carbocycles. The third kappa shape index (κ3) is 3.14. The van der Waals surface area contributed by atoms with Crippen LogP contribution in [0.25, 0.3) is 0 Å². The molecule has 0 fully saturated rings. The molecule has 0 radical (unpaired) electrons. The molecule has 0 aromatic heterocycles. The number of nitro groups is 1. The molecule has 0 N–H and O–H groups in total. The highest BCUT2D eigenvalue weighted by atomic mass is 79.9. The Balaban J connectivity index is 2.32. The van der Waals surface area contributed by atoms with Crippen LogP contribution in [0.15, 0.2) is 36.4 Å². The molecule has 4 nitrogen and oxygen atoms in total. The van der Waals surface area contributed by atoms with E-state index >= 15 is 0 Å². The summed E-state index contributed by atoms with van der Waals surface area (Å²) in [6, 6.07) is 8.84. The van der Waals surface area contributed by atoms with Crippen LogP contribution in [0, 0.1) is 22.9 Å². The Kier molecular flexibility index (Phi) is 4.34. The van der Waals surface area contributed by atoms with Crippen molar-refractivity contribution < 1.29 is 14.1 Å². The molecule has 2 aromatic carbocycles. The van der Waals surface area contributed by atoms with Crippen LogP contribution < -0.4 is 4.74 Å². The van der Waals surface area contributed by atoms with Gasteiger partial charge < -0.3 is 4.74 Å². The van der Waals surface area contributed by atoms with Gasteiger partial charge in [-0.2, -0.15) is 0 Å². The fourth-order valence-electron chi connectivity index (χ4n) is 1.65. The number of nitro benzene ring substituents is 1. The van der Waals surface area contributed by atoms with Gasteiger partial charge in [0.2, 0.25) is 0 Å². The summed E-state index contributed by atoms with van der Waals surface area (Å²) in [5, 5.41) is 11.1. The fourth-order valence-corrected chi connectivity index (χ4v) is 2.09. The zero-order chi connectivity index (χ0) is 14.7. The highest BCUT2D eigenvalue weighted by molar-refractivity contribution is 9.08. The van der Waals surface area contributed by atoms with E-state index in [1.165, 1.54) is 24.3 Å². The first-order valence-corrected chi connectivity index (χ1v) is 6.90. The molecule has 104 valence electrons. The third-order valence-corrected chi connectivity index (χ3v) is 3.37. The van der Waals surface area contributed by atoms with E-state index in [2.05, 4.69) is 15.9 Å². The molecule has 20 heavy (non-hydrogen) atoms.